The van der Waals surface area contributed by atoms with E-state index in [1.807, 2.05) is 66.7 Å². The first-order valence-corrected chi connectivity index (χ1v) is 10.9. The van der Waals surface area contributed by atoms with Gasteiger partial charge in [0.05, 0.1) is 12.3 Å². The van der Waals surface area contributed by atoms with Gasteiger partial charge in [0.1, 0.15) is 12.1 Å². The van der Waals surface area contributed by atoms with E-state index in [1.165, 1.54) is 11.9 Å². The molecule has 4 rings (SSSR count). The Bertz CT molecular complexity index is 1100. The molecule has 2 N–H and O–H groups in total. The Morgan fingerprint density at radius 2 is 1.71 bits per heavy atom. The standard InChI is InChI=1S/C24H22N4O2S/c29-23(20-12-10-19(11-13-20)16-31-24-25-17-26-28-24)27-21-8-4-5-9-22(21)30-15-14-18-6-2-1-3-7-18/h1-13,17H,14-16H2,(H,27,29)(H,25,26,28). The normalized spacial score (nSPS) is 10.6. The fraction of sp³-hybridized carbons (Fsp3) is 0.125. The van der Waals surface area contributed by atoms with Crippen molar-refractivity contribution in [1.29, 1.82) is 0 Å². The van der Waals surface area contributed by atoms with E-state index in [2.05, 4.69) is 32.6 Å². The van der Waals surface area contributed by atoms with Crippen LogP contribution in [-0.2, 0) is 12.2 Å². The Morgan fingerprint density at radius 1 is 0.935 bits per heavy atom. The van der Waals surface area contributed by atoms with Gasteiger partial charge in [0.25, 0.3) is 5.91 Å². The average molecular weight is 431 g/mol. The van der Waals surface area contributed by atoms with E-state index >= 15 is 0 Å². The molecule has 0 aliphatic carbocycles. The SMILES string of the molecule is O=C(Nc1ccccc1OCCc1ccccc1)c1ccc(CSc2ncn[nH]2)cc1. The maximum atomic E-state index is 12.7. The van der Waals surface area contributed by atoms with Gasteiger partial charge in [-0.1, -0.05) is 66.4 Å². The molecular formula is C24H22N4O2S. The van der Waals surface area contributed by atoms with E-state index < -0.39 is 0 Å². The van der Waals surface area contributed by atoms with Crippen LogP contribution in [0, 0.1) is 0 Å². The molecule has 0 saturated heterocycles. The minimum Gasteiger partial charge on any atom is -0.491 e. The van der Waals surface area contributed by atoms with Crippen LogP contribution in [0.1, 0.15) is 21.5 Å². The highest BCUT2D eigenvalue weighted by molar-refractivity contribution is 7.98. The zero-order valence-corrected chi connectivity index (χ0v) is 17.6. The summed E-state index contributed by atoms with van der Waals surface area (Å²) in [7, 11) is 0. The molecule has 4 aromatic rings. The van der Waals surface area contributed by atoms with Crippen molar-refractivity contribution in [2.45, 2.75) is 17.3 Å². The minimum atomic E-state index is -0.173. The number of rotatable bonds is 9. The lowest BCUT2D eigenvalue weighted by molar-refractivity contribution is 0.102. The average Bonchev–Trinajstić information content (AvgIpc) is 3.34. The van der Waals surface area contributed by atoms with E-state index in [0.29, 0.717) is 23.6 Å². The first-order valence-electron chi connectivity index (χ1n) is 9.92. The Balaban J connectivity index is 1.33. The van der Waals surface area contributed by atoms with Gasteiger partial charge in [-0.25, -0.2) is 4.98 Å². The van der Waals surface area contributed by atoms with Crippen LogP contribution >= 0.6 is 11.8 Å². The third-order valence-corrected chi connectivity index (χ3v) is 5.56. The van der Waals surface area contributed by atoms with Crippen molar-refractivity contribution >= 4 is 23.4 Å². The fourth-order valence-corrected chi connectivity index (χ4v) is 3.72. The van der Waals surface area contributed by atoms with Crippen LogP contribution in [0.2, 0.25) is 0 Å². The summed E-state index contributed by atoms with van der Waals surface area (Å²) in [4.78, 5) is 16.8. The Kier molecular flexibility index (Phi) is 6.97. The molecule has 156 valence electrons. The molecule has 1 amide bonds. The first-order chi connectivity index (χ1) is 15.3. The highest BCUT2D eigenvalue weighted by atomic mass is 32.2. The number of carbonyl (C=O) groups is 1. The number of aromatic nitrogens is 3. The summed E-state index contributed by atoms with van der Waals surface area (Å²) in [6, 6.07) is 25.2. The molecule has 1 aromatic heterocycles. The molecule has 0 bridgehead atoms. The predicted octanol–water partition coefficient (Wildman–Crippen LogP) is 4.97. The molecule has 0 aliphatic rings. The van der Waals surface area contributed by atoms with Crippen molar-refractivity contribution in [2.24, 2.45) is 0 Å². The molecule has 0 spiro atoms. The molecule has 31 heavy (non-hydrogen) atoms. The zero-order valence-electron chi connectivity index (χ0n) is 16.8. The van der Waals surface area contributed by atoms with E-state index in [1.54, 1.807) is 11.8 Å². The summed E-state index contributed by atoms with van der Waals surface area (Å²) in [6.45, 7) is 0.536. The fourth-order valence-electron chi connectivity index (χ4n) is 2.98. The van der Waals surface area contributed by atoms with Crippen LogP contribution in [0.5, 0.6) is 5.75 Å². The Labute approximate surface area is 185 Å². The van der Waals surface area contributed by atoms with Crippen LogP contribution in [-0.4, -0.2) is 27.7 Å². The van der Waals surface area contributed by atoms with Crippen LogP contribution in [0.3, 0.4) is 0 Å². The lowest BCUT2D eigenvalue weighted by Gasteiger charge is -2.13. The third-order valence-electron chi connectivity index (χ3n) is 4.61. The van der Waals surface area contributed by atoms with Gasteiger partial charge in [-0.05, 0) is 35.4 Å². The van der Waals surface area contributed by atoms with E-state index in [9.17, 15) is 4.79 Å². The number of hydrogen-bond donors (Lipinski definition) is 2. The highest BCUT2D eigenvalue weighted by Gasteiger charge is 2.10. The number of benzene rings is 3. The number of nitrogens with zero attached hydrogens (tertiary/aromatic N) is 2. The molecule has 1 heterocycles. The van der Waals surface area contributed by atoms with Crippen molar-refractivity contribution in [3.8, 4) is 5.75 Å². The van der Waals surface area contributed by atoms with Gasteiger partial charge in [0.2, 0.25) is 0 Å². The summed E-state index contributed by atoms with van der Waals surface area (Å²) < 4.78 is 5.93. The number of nitrogens with one attached hydrogen (secondary N) is 2. The summed E-state index contributed by atoms with van der Waals surface area (Å²) in [6.07, 6.45) is 2.29. The number of para-hydroxylation sites is 2. The summed E-state index contributed by atoms with van der Waals surface area (Å²) in [5.74, 6) is 1.23. The van der Waals surface area contributed by atoms with Gasteiger partial charge in [0, 0.05) is 17.7 Å². The van der Waals surface area contributed by atoms with E-state index in [-0.39, 0.29) is 5.91 Å². The molecule has 0 atom stereocenters. The number of anilines is 1. The van der Waals surface area contributed by atoms with Gasteiger partial charge in [-0.15, -0.1) is 0 Å². The van der Waals surface area contributed by atoms with Gasteiger partial charge < -0.3 is 10.1 Å². The second-order valence-corrected chi connectivity index (χ2v) is 7.77. The van der Waals surface area contributed by atoms with Crippen molar-refractivity contribution in [3.05, 3.63) is 102 Å². The van der Waals surface area contributed by atoms with Gasteiger partial charge in [-0.2, -0.15) is 5.10 Å². The van der Waals surface area contributed by atoms with Gasteiger partial charge in [0.15, 0.2) is 5.16 Å². The zero-order chi connectivity index (χ0) is 21.3. The van der Waals surface area contributed by atoms with Gasteiger partial charge >= 0.3 is 0 Å². The number of H-pyrrole nitrogens is 1. The maximum Gasteiger partial charge on any atom is 0.255 e. The van der Waals surface area contributed by atoms with Crippen LogP contribution in [0.15, 0.2) is 90.3 Å². The predicted molar refractivity (Wildman–Crippen MR) is 122 cm³/mol. The number of amides is 1. The molecule has 0 radical (unpaired) electrons. The highest BCUT2D eigenvalue weighted by Crippen LogP contribution is 2.25. The Hall–Kier alpha value is -3.58. The van der Waals surface area contributed by atoms with Crippen molar-refractivity contribution < 1.29 is 9.53 Å². The number of carbonyl (C=O) groups excluding carboxylic acids is 1. The quantitative estimate of drug-likeness (QED) is 0.367. The summed E-state index contributed by atoms with van der Waals surface area (Å²) in [5, 5.41) is 10.4. The summed E-state index contributed by atoms with van der Waals surface area (Å²) in [5.41, 5.74) is 3.56. The molecule has 3 aromatic carbocycles. The molecule has 0 saturated carbocycles. The second kappa shape index (κ2) is 10.4. The van der Waals surface area contributed by atoms with Gasteiger partial charge in [-0.3, -0.25) is 9.89 Å². The largest absolute Gasteiger partial charge is 0.491 e. The third kappa shape index (κ3) is 5.96. The number of hydrogen-bond acceptors (Lipinski definition) is 5. The lowest BCUT2D eigenvalue weighted by Crippen LogP contribution is -2.13. The molecule has 0 aliphatic heterocycles. The second-order valence-electron chi connectivity index (χ2n) is 6.81. The lowest BCUT2D eigenvalue weighted by atomic mass is 10.1. The minimum absolute atomic E-state index is 0.173. The van der Waals surface area contributed by atoms with Crippen molar-refractivity contribution in [1.82, 2.24) is 15.2 Å². The van der Waals surface area contributed by atoms with Crippen LogP contribution in [0.25, 0.3) is 0 Å². The van der Waals surface area contributed by atoms with Crippen LogP contribution in [0.4, 0.5) is 5.69 Å². The first kappa shape index (κ1) is 20.7. The molecular weight excluding hydrogens is 408 g/mol. The number of thioether (sulfide) groups is 1. The van der Waals surface area contributed by atoms with E-state index in [4.69, 9.17) is 4.74 Å². The van der Waals surface area contributed by atoms with Crippen molar-refractivity contribution in [2.75, 3.05) is 11.9 Å². The monoisotopic (exact) mass is 430 g/mol. The molecule has 7 heteroatoms. The topological polar surface area (TPSA) is 79.9 Å². The maximum absolute atomic E-state index is 12.7. The van der Waals surface area contributed by atoms with Crippen LogP contribution < -0.4 is 10.1 Å². The van der Waals surface area contributed by atoms with Crippen molar-refractivity contribution in [3.63, 3.8) is 0 Å². The number of aromatic amines is 1. The smallest absolute Gasteiger partial charge is 0.255 e. The molecule has 0 fully saturated rings. The Morgan fingerprint density at radius 3 is 2.48 bits per heavy atom. The summed E-state index contributed by atoms with van der Waals surface area (Å²) >= 11 is 1.56. The number of ether oxygens (including phenoxy) is 1. The van der Waals surface area contributed by atoms with E-state index in [0.717, 1.165) is 22.9 Å². The molecule has 0 unspecified atom stereocenters. The molecule has 6 nitrogen and oxygen atoms in total.